The van der Waals surface area contributed by atoms with Crippen molar-refractivity contribution in [2.45, 2.75) is 39.3 Å². The van der Waals surface area contributed by atoms with Crippen molar-refractivity contribution < 1.29 is 9.90 Å². The van der Waals surface area contributed by atoms with Gasteiger partial charge in [0.25, 0.3) is 0 Å². The molecule has 0 aliphatic carbocycles. The van der Waals surface area contributed by atoms with Gasteiger partial charge < -0.3 is 16.2 Å². The lowest BCUT2D eigenvalue weighted by Crippen LogP contribution is -2.41. The summed E-state index contributed by atoms with van der Waals surface area (Å²) in [6.45, 7) is 4.48. The van der Waals surface area contributed by atoms with Crippen LogP contribution >= 0.6 is 11.3 Å². The predicted octanol–water partition coefficient (Wildman–Crippen LogP) is 1.91. The van der Waals surface area contributed by atoms with Crippen LogP contribution in [0.5, 0.6) is 5.75 Å². The molecule has 0 fully saturated rings. The standard InChI is InChI=1S/C16H21N3O2S/c1-3-15-19-10(2)14(22-15)9-18-16(21)13(17)8-11-4-6-12(20)7-5-11/h4-7,13,20H,3,8-9,17H2,1-2H3,(H,18,21)/t13-/m0/s1. The van der Waals surface area contributed by atoms with E-state index < -0.39 is 6.04 Å². The lowest BCUT2D eigenvalue weighted by atomic mass is 10.1. The molecule has 4 N–H and O–H groups in total. The Morgan fingerprint density at radius 2 is 2.09 bits per heavy atom. The maximum atomic E-state index is 12.1. The largest absolute Gasteiger partial charge is 0.508 e. The molecular weight excluding hydrogens is 298 g/mol. The molecule has 0 radical (unpaired) electrons. The molecule has 1 aromatic heterocycles. The highest BCUT2D eigenvalue weighted by molar-refractivity contribution is 7.11. The fraction of sp³-hybridized carbons (Fsp3) is 0.375. The van der Waals surface area contributed by atoms with Gasteiger partial charge >= 0.3 is 0 Å². The molecule has 1 heterocycles. The van der Waals surface area contributed by atoms with E-state index in [9.17, 15) is 9.90 Å². The molecule has 5 nitrogen and oxygen atoms in total. The van der Waals surface area contributed by atoms with Crippen molar-refractivity contribution in [2.24, 2.45) is 5.73 Å². The number of aryl methyl sites for hydroxylation is 2. The zero-order valence-electron chi connectivity index (χ0n) is 12.8. The number of phenolic OH excluding ortho intramolecular Hbond substituents is 1. The van der Waals surface area contributed by atoms with Crippen LogP contribution < -0.4 is 11.1 Å². The van der Waals surface area contributed by atoms with E-state index in [-0.39, 0.29) is 11.7 Å². The third kappa shape index (κ3) is 4.29. The van der Waals surface area contributed by atoms with Gasteiger partial charge in [0, 0.05) is 4.88 Å². The molecule has 0 bridgehead atoms. The van der Waals surface area contributed by atoms with Crippen LogP contribution in [0.25, 0.3) is 0 Å². The van der Waals surface area contributed by atoms with Crippen LogP contribution in [-0.4, -0.2) is 22.0 Å². The number of carbonyl (C=O) groups is 1. The third-order valence-electron chi connectivity index (χ3n) is 3.39. The van der Waals surface area contributed by atoms with Crippen LogP contribution in [0.15, 0.2) is 24.3 Å². The van der Waals surface area contributed by atoms with Crippen molar-refractivity contribution in [3.05, 3.63) is 45.4 Å². The molecule has 0 spiro atoms. The first-order valence-corrected chi connectivity index (χ1v) is 8.07. The van der Waals surface area contributed by atoms with E-state index in [0.717, 1.165) is 27.6 Å². The van der Waals surface area contributed by atoms with E-state index in [2.05, 4.69) is 17.2 Å². The second-order valence-electron chi connectivity index (χ2n) is 5.16. The number of rotatable bonds is 6. The first-order valence-electron chi connectivity index (χ1n) is 7.26. The van der Waals surface area contributed by atoms with E-state index in [0.29, 0.717) is 13.0 Å². The van der Waals surface area contributed by atoms with Gasteiger partial charge in [0.2, 0.25) is 5.91 Å². The first-order chi connectivity index (χ1) is 10.5. The lowest BCUT2D eigenvalue weighted by Gasteiger charge is -2.12. The molecule has 0 aliphatic rings. The number of carbonyl (C=O) groups excluding carboxylic acids is 1. The SMILES string of the molecule is CCc1nc(C)c(CNC(=O)[C@@H](N)Cc2ccc(O)cc2)s1. The number of nitrogens with one attached hydrogen (secondary N) is 1. The molecule has 2 rings (SSSR count). The Hall–Kier alpha value is -1.92. The molecule has 0 saturated carbocycles. The Kier molecular flexibility index (Phi) is 5.51. The number of amides is 1. The summed E-state index contributed by atoms with van der Waals surface area (Å²) in [6, 6.07) is 6.11. The van der Waals surface area contributed by atoms with Crippen molar-refractivity contribution in [1.82, 2.24) is 10.3 Å². The normalized spacial score (nSPS) is 12.1. The van der Waals surface area contributed by atoms with Gasteiger partial charge in [-0.3, -0.25) is 4.79 Å². The fourth-order valence-corrected chi connectivity index (χ4v) is 3.03. The Labute approximate surface area is 134 Å². The number of aromatic hydroxyl groups is 1. The summed E-state index contributed by atoms with van der Waals surface area (Å²) in [5.74, 6) is 0.0214. The van der Waals surface area contributed by atoms with Crippen molar-refractivity contribution in [3.63, 3.8) is 0 Å². The molecule has 0 aliphatic heterocycles. The summed E-state index contributed by atoms with van der Waals surface area (Å²) in [6.07, 6.45) is 1.34. The van der Waals surface area contributed by atoms with Crippen LogP contribution in [0.4, 0.5) is 0 Å². The van der Waals surface area contributed by atoms with Gasteiger partial charge in [0.05, 0.1) is 23.3 Å². The van der Waals surface area contributed by atoms with E-state index >= 15 is 0 Å². The molecule has 6 heteroatoms. The zero-order chi connectivity index (χ0) is 16.1. The molecule has 1 atom stereocenters. The average molecular weight is 319 g/mol. The van der Waals surface area contributed by atoms with Gasteiger partial charge in [-0.2, -0.15) is 0 Å². The minimum atomic E-state index is -0.608. The number of nitrogens with zero attached hydrogens (tertiary/aromatic N) is 1. The Bertz CT molecular complexity index is 637. The molecular formula is C16H21N3O2S. The predicted molar refractivity (Wildman–Crippen MR) is 87.9 cm³/mol. The summed E-state index contributed by atoms with van der Waals surface area (Å²) in [7, 11) is 0. The number of thiazole rings is 1. The quantitative estimate of drug-likeness (QED) is 0.759. The van der Waals surface area contributed by atoms with Crippen LogP contribution in [0.1, 0.15) is 28.1 Å². The summed E-state index contributed by atoms with van der Waals surface area (Å²) < 4.78 is 0. The molecule has 0 unspecified atom stereocenters. The third-order valence-corrected chi connectivity index (χ3v) is 4.69. The van der Waals surface area contributed by atoms with Crippen molar-refractivity contribution in [3.8, 4) is 5.75 Å². The van der Waals surface area contributed by atoms with E-state index in [1.165, 1.54) is 0 Å². The Balaban J connectivity index is 1.88. The highest BCUT2D eigenvalue weighted by Gasteiger charge is 2.15. The zero-order valence-corrected chi connectivity index (χ0v) is 13.6. The molecule has 2 aromatic rings. The number of benzene rings is 1. The summed E-state index contributed by atoms with van der Waals surface area (Å²) in [5, 5.41) is 13.2. The van der Waals surface area contributed by atoms with Crippen molar-refractivity contribution in [1.29, 1.82) is 0 Å². The van der Waals surface area contributed by atoms with Gasteiger partial charge in [0.1, 0.15) is 5.75 Å². The number of aromatic nitrogens is 1. The number of phenols is 1. The smallest absolute Gasteiger partial charge is 0.237 e. The summed E-state index contributed by atoms with van der Waals surface area (Å²) in [5.41, 5.74) is 7.82. The minimum Gasteiger partial charge on any atom is -0.508 e. The molecule has 1 aromatic carbocycles. The molecule has 0 saturated heterocycles. The van der Waals surface area contributed by atoms with Crippen LogP contribution in [-0.2, 0) is 24.2 Å². The Morgan fingerprint density at radius 1 is 1.41 bits per heavy atom. The highest BCUT2D eigenvalue weighted by Crippen LogP contribution is 2.18. The van der Waals surface area contributed by atoms with Gasteiger partial charge in [-0.1, -0.05) is 19.1 Å². The van der Waals surface area contributed by atoms with E-state index in [4.69, 9.17) is 5.73 Å². The maximum absolute atomic E-state index is 12.1. The van der Waals surface area contributed by atoms with Gasteiger partial charge in [-0.15, -0.1) is 11.3 Å². The van der Waals surface area contributed by atoms with Crippen LogP contribution in [0.3, 0.4) is 0 Å². The second-order valence-corrected chi connectivity index (χ2v) is 6.33. The topological polar surface area (TPSA) is 88.2 Å². The number of hydrogen-bond acceptors (Lipinski definition) is 5. The summed E-state index contributed by atoms with van der Waals surface area (Å²) >= 11 is 1.62. The average Bonchev–Trinajstić information content (AvgIpc) is 2.87. The molecule has 22 heavy (non-hydrogen) atoms. The molecule has 1 amide bonds. The fourth-order valence-electron chi connectivity index (χ4n) is 2.08. The van der Waals surface area contributed by atoms with Gasteiger partial charge in [0.15, 0.2) is 0 Å². The summed E-state index contributed by atoms with van der Waals surface area (Å²) in [4.78, 5) is 17.6. The van der Waals surface area contributed by atoms with Crippen molar-refractivity contribution >= 4 is 17.2 Å². The maximum Gasteiger partial charge on any atom is 0.237 e. The first kappa shape index (κ1) is 16.5. The second kappa shape index (κ2) is 7.38. The highest BCUT2D eigenvalue weighted by atomic mass is 32.1. The minimum absolute atomic E-state index is 0.182. The monoisotopic (exact) mass is 319 g/mol. The van der Waals surface area contributed by atoms with E-state index in [1.807, 2.05) is 6.92 Å². The number of nitrogens with two attached hydrogens (primary N) is 1. The van der Waals surface area contributed by atoms with Gasteiger partial charge in [-0.25, -0.2) is 4.98 Å². The Morgan fingerprint density at radius 3 is 2.68 bits per heavy atom. The number of hydrogen-bond donors (Lipinski definition) is 3. The lowest BCUT2D eigenvalue weighted by molar-refractivity contribution is -0.122. The van der Waals surface area contributed by atoms with E-state index in [1.54, 1.807) is 35.6 Å². The van der Waals surface area contributed by atoms with Crippen LogP contribution in [0, 0.1) is 6.92 Å². The van der Waals surface area contributed by atoms with Crippen LogP contribution in [0.2, 0.25) is 0 Å². The van der Waals surface area contributed by atoms with Gasteiger partial charge in [-0.05, 0) is 37.5 Å². The van der Waals surface area contributed by atoms with Crippen molar-refractivity contribution in [2.75, 3.05) is 0 Å². The molecule has 118 valence electrons.